The largest absolute Gasteiger partial charge is 0.345 e. The Kier molecular flexibility index (Phi) is 3.44. The SMILES string of the molecule is C/C=C(/[C@@H]1CC[C@H](N)C1)n1c(=NC)cnc2[nH]ccc21. The average Bonchev–Trinajstić information content (AvgIpc) is 3.08. The van der Waals surface area contributed by atoms with Crippen LogP contribution in [0.25, 0.3) is 16.9 Å². The molecule has 20 heavy (non-hydrogen) atoms. The van der Waals surface area contributed by atoms with Crippen LogP contribution in [0.3, 0.4) is 0 Å². The van der Waals surface area contributed by atoms with E-state index in [9.17, 15) is 0 Å². The van der Waals surface area contributed by atoms with Gasteiger partial charge >= 0.3 is 0 Å². The van der Waals surface area contributed by atoms with Gasteiger partial charge < -0.3 is 10.7 Å². The summed E-state index contributed by atoms with van der Waals surface area (Å²) in [6, 6.07) is 2.37. The van der Waals surface area contributed by atoms with Gasteiger partial charge in [0.1, 0.15) is 0 Å². The number of allylic oxidation sites excluding steroid dienone is 2. The van der Waals surface area contributed by atoms with Gasteiger partial charge in [-0.1, -0.05) is 6.08 Å². The van der Waals surface area contributed by atoms with Gasteiger partial charge in [0.2, 0.25) is 0 Å². The van der Waals surface area contributed by atoms with Crippen LogP contribution in [-0.4, -0.2) is 27.6 Å². The molecule has 0 bridgehead atoms. The number of aromatic nitrogens is 3. The summed E-state index contributed by atoms with van der Waals surface area (Å²) in [5.41, 5.74) is 10.2. The highest BCUT2D eigenvalue weighted by molar-refractivity contribution is 5.75. The van der Waals surface area contributed by atoms with Gasteiger partial charge in [0.15, 0.2) is 11.1 Å². The summed E-state index contributed by atoms with van der Waals surface area (Å²) in [7, 11) is 1.81. The van der Waals surface area contributed by atoms with Crippen molar-refractivity contribution >= 4 is 16.9 Å². The van der Waals surface area contributed by atoms with Gasteiger partial charge in [-0.2, -0.15) is 0 Å². The number of fused-ring (bicyclic) bond motifs is 1. The van der Waals surface area contributed by atoms with Crippen LogP contribution in [0.1, 0.15) is 26.2 Å². The first-order chi connectivity index (χ1) is 9.74. The van der Waals surface area contributed by atoms with Crippen LogP contribution in [0.2, 0.25) is 0 Å². The van der Waals surface area contributed by atoms with Crippen molar-refractivity contribution < 1.29 is 0 Å². The zero-order chi connectivity index (χ0) is 14.1. The highest BCUT2D eigenvalue weighted by atomic mass is 15.1. The second kappa shape index (κ2) is 5.25. The van der Waals surface area contributed by atoms with Crippen LogP contribution in [0, 0.1) is 5.92 Å². The van der Waals surface area contributed by atoms with Crippen molar-refractivity contribution in [2.24, 2.45) is 16.6 Å². The molecular weight excluding hydrogens is 250 g/mol. The Morgan fingerprint density at radius 3 is 3.05 bits per heavy atom. The van der Waals surface area contributed by atoms with E-state index in [0.29, 0.717) is 12.0 Å². The molecule has 0 aromatic carbocycles. The smallest absolute Gasteiger partial charge is 0.154 e. The van der Waals surface area contributed by atoms with Gasteiger partial charge in [0, 0.05) is 30.9 Å². The molecule has 2 atom stereocenters. The number of H-pyrrole nitrogens is 1. The van der Waals surface area contributed by atoms with Crippen molar-refractivity contribution in [3.05, 3.63) is 30.0 Å². The van der Waals surface area contributed by atoms with Crippen molar-refractivity contribution in [2.75, 3.05) is 7.05 Å². The zero-order valence-corrected chi connectivity index (χ0v) is 12.0. The minimum Gasteiger partial charge on any atom is -0.345 e. The standard InChI is InChI=1S/C15H21N5/c1-3-12(10-4-5-11(16)8-10)20-13-6-7-18-15(13)19-9-14(20)17-2/h3,6-7,9-11,18H,4-5,8,16H2,1-2H3/b12-3-,17-14?/t10-,11+/m1/s1. The second-order valence-corrected chi connectivity index (χ2v) is 5.37. The van der Waals surface area contributed by atoms with Crippen molar-refractivity contribution in [2.45, 2.75) is 32.2 Å². The number of rotatable bonds is 2. The first-order valence-electron chi connectivity index (χ1n) is 7.14. The van der Waals surface area contributed by atoms with Gasteiger partial charge in [-0.3, -0.25) is 9.56 Å². The fourth-order valence-electron chi connectivity index (χ4n) is 3.20. The van der Waals surface area contributed by atoms with Crippen molar-refractivity contribution in [3.63, 3.8) is 0 Å². The minimum atomic E-state index is 0.320. The summed E-state index contributed by atoms with van der Waals surface area (Å²) in [5, 5.41) is 0. The third-order valence-corrected chi connectivity index (χ3v) is 4.16. The number of nitrogens with two attached hydrogens (primary N) is 1. The lowest BCUT2D eigenvalue weighted by Crippen LogP contribution is -2.24. The summed E-state index contributed by atoms with van der Waals surface area (Å²) in [4.78, 5) is 11.9. The van der Waals surface area contributed by atoms with Crippen LogP contribution >= 0.6 is 0 Å². The van der Waals surface area contributed by atoms with Gasteiger partial charge in [0.25, 0.3) is 0 Å². The van der Waals surface area contributed by atoms with Crippen LogP contribution in [0.4, 0.5) is 0 Å². The Morgan fingerprint density at radius 1 is 1.55 bits per heavy atom. The third kappa shape index (κ3) is 2.08. The molecule has 1 fully saturated rings. The zero-order valence-electron chi connectivity index (χ0n) is 12.0. The number of aromatic amines is 1. The lowest BCUT2D eigenvalue weighted by atomic mass is 10.0. The molecule has 1 saturated carbocycles. The maximum Gasteiger partial charge on any atom is 0.154 e. The Hall–Kier alpha value is -1.88. The normalized spacial score (nSPS) is 24.8. The molecule has 0 radical (unpaired) electrons. The van der Waals surface area contributed by atoms with Gasteiger partial charge in [-0.15, -0.1) is 0 Å². The summed E-state index contributed by atoms with van der Waals surface area (Å²) in [6.45, 7) is 2.09. The lowest BCUT2D eigenvalue weighted by molar-refractivity contribution is 0.640. The average molecular weight is 271 g/mol. The van der Waals surface area contributed by atoms with E-state index in [0.717, 1.165) is 35.9 Å². The molecule has 0 spiro atoms. The molecule has 0 saturated heterocycles. The Morgan fingerprint density at radius 2 is 2.40 bits per heavy atom. The van der Waals surface area contributed by atoms with Crippen LogP contribution in [0.5, 0.6) is 0 Å². The molecule has 3 rings (SSSR count). The van der Waals surface area contributed by atoms with E-state index in [-0.39, 0.29) is 0 Å². The molecule has 0 aliphatic heterocycles. The fourth-order valence-corrected chi connectivity index (χ4v) is 3.20. The van der Waals surface area contributed by atoms with E-state index in [1.807, 2.05) is 12.4 Å². The van der Waals surface area contributed by atoms with Gasteiger partial charge in [-0.25, -0.2) is 4.98 Å². The molecule has 5 heteroatoms. The first kappa shape index (κ1) is 13.1. The fraction of sp³-hybridized carbons (Fsp3) is 0.467. The molecule has 2 aromatic heterocycles. The van der Waals surface area contributed by atoms with E-state index in [2.05, 4.69) is 38.6 Å². The van der Waals surface area contributed by atoms with Crippen LogP contribution < -0.4 is 11.2 Å². The van der Waals surface area contributed by atoms with Crippen LogP contribution in [0.15, 0.2) is 29.5 Å². The molecule has 2 heterocycles. The third-order valence-electron chi connectivity index (χ3n) is 4.16. The summed E-state index contributed by atoms with van der Waals surface area (Å²) in [5.74, 6) is 0.501. The molecule has 3 N–H and O–H groups in total. The van der Waals surface area contributed by atoms with E-state index < -0.39 is 0 Å². The molecule has 1 aliphatic rings. The Bertz CT molecular complexity index is 706. The molecule has 0 unspecified atom stereocenters. The first-order valence-corrected chi connectivity index (χ1v) is 7.14. The topological polar surface area (TPSA) is 72.0 Å². The molecule has 2 aromatic rings. The van der Waals surface area contributed by atoms with Crippen LogP contribution in [-0.2, 0) is 0 Å². The maximum atomic E-state index is 6.08. The number of hydrogen-bond donors (Lipinski definition) is 2. The minimum absolute atomic E-state index is 0.320. The summed E-state index contributed by atoms with van der Waals surface area (Å²) < 4.78 is 2.21. The number of nitrogens with zero attached hydrogens (tertiary/aromatic N) is 3. The predicted octanol–water partition coefficient (Wildman–Crippen LogP) is 1.88. The molecule has 1 aliphatic carbocycles. The van der Waals surface area contributed by atoms with Gasteiger partial charge in [0.05, 0.1) is 11.7 Å². The summed E-state index contributed by atoms with van der Waals surface area (Å²) in [6.07, 6.45) is 9.21. The van der Waals surface area contributed by atoms with Crippen molar-refractivity contribution in [1.29, 1.82) is 0 Å². The second-order valence-electron chi connectivity index (χ2n) is 5.37. The van der Waals surface area contributed by atoms with E-state index in [4.69, 9.17) is 5.73 Å². The van der Waals surface area contributed by atoms with E-state index in [1.165, 1.54) is 5.70 Å². The summed E-state index contributed by atoms with van der Waals surface area (Å²) >= 11 is 0. The quantitative estimate of drug-likeness (QED) is 0.875. The van der Waals surface area contributed by atoms with Crippen molar-refractivity contribution in [1.82, 2.24) is 14.5 Å². The Labute approximate surface area is 118 Å². The van der Waals surface area contributed by atoms with E-state index in [1.54, 1.807) is 7.05 Å². The highest BCUT2D eigenvalue weighted by Crippen LogP contribution is 2.33. The lowest BCUT2D eigenvalue weighted by Gasteiger charge is -2.19. The monoisotopic (exact) mass is 271 g/mol. The predicted molar refractivity (Wildman–Crippen MR) is 80.8 cm³/mol. The molecule has 0 amide bonds. The highest BCUT2D eigenvalue weighted by Gasteiger charge is 2.26. The maximum absolute atomic E-state index is 6.08. The molecule has 106 valence electrons. The molecular formula is C15H21N5. The van der Waals surface area contributed by atoms with Crippen molar-refractivity contribution in [3.8, 4) is 0 Å². The number of nitrogens with one attached hydrogen (secondary N) is 1. The van der Waals surface area contributed by atoms with E-state index >= 15 is 0 Å². The van der Waals surface area contributed by atoms with Gasteiger partial charge in [-0.05, 0) is 32.3 Å². The Balaban J connectivity index is 2.19. The molecule has 5 nitrogen and oxygen atoms in total. The number of hydrogen-bond acceptors (Lipinski definition) is 3.